The Morgan fingerprint density at radius 3 is 2.88 bits per heavy atom. The molecule has 2 aromatic heterocycles. The standard InChI is InChI=1S/C16H19BrN6O2/c1-16(5-6-25-14(16)24)23-8-11(12(22-23)9-3-4-9)20-15-19-7-10(17)13(18-2)21-15/h7-9H,3-6H2,1-2H3,(H2,18,19,20,21). The molecule has 25 heavy (non-hydrogen) atoms. The zero-order chi connectivity index (χ0) is 17.6. The van der Waals surface area contributed by atoms with Crippen LogP contribution in [0.25, 0.3) is 0 Å². The van der Waals surface area contributed by atoms with Gasteiger partial charge >= 0.3 is 5.97 Å². The van der Waals surface area contributed by atoms with Crippen LogP contribution in [0.4, 0.5) is 17.5 Å². The van der Waals surface area contributed by atoms with E-state index in [0.717, 1.165) is 28.7 Å². The van der Waals surface area contributed by atoms with Gasteiger partial charge in [0.1, 0.15) is 5.82 Å². The summed E-state index contributed by atoms with van der Waals surface area (Å²) in [5.41, 5.74) is 1.05. The van der Waals surface area contributed by atoms with Crippen LogP contribution in [0.2, 0.25) is 0 Å². The molecule has 0 amide bonds. The summed E-state index contributed by atoms with van der Waals surface area (Å²) in [6.07, 6.45) is 6.39. The molecule has 9 heteroatoms. The van der Waals surface area contributed by atoms with Crippen LogP contribution in [0, 0.1) is 0 Å². The summed E-state index contributed by atoms with van der Waals surface area (Å²) in [5, 5.41) is 11.0. The van der Waals surface area contributed by atoms with Crippen molar-refractivity contribution < 1.29 is 9.53 Å². The quantitative estimate of drug-likeness (QED) is 0.737. The van der Waals surface area contributed by atoms with Crippen molar-refractivity contribution in [3.05, 3.63) is 22.6 Å². The summed E-state index contributed by atoms with van der Waals surface area (Å²) < 4.78 is 7.68. The number of hydrogen-bond donors (Lipinski definition) is 2. The fourth-order valence-corrected chi connectivity index (χ4v) is 3.32. The van der Waals surface area contributed by atoms with Crippen molar-refractivity contribution in [2.24, 2.45) is 0 Å². The second-order valence-corrected chi connectivity index (χ2v) is 7.43. The van der Waals surface area contributed by atoms with Crippen LogP contribution in [0.5, 0.6) is 0 Å². The summed E-state index contributed by atoms with van der Waals surface area (Å²) in [6, 6.07) is 0. The third-order valence-electron chi connectivity index (χ3n) is 4.70. The summed E-state index contributed by atoms with van der Waals surface area (Å²) in [7, 11) is 1.80. The molecule has 1 aliphatic carbocycles. The third-order valence-corrected chi connectivity index (χ3v) is 5.28. The first-order valence-electron chi connectivity index (χ1n) is 8.26. The first kappa shape index (κ1) is 16.3. The summed E-state index contributed by atoms with van der Waals surface area (Å²) in [6.45, 7) is 2.29. The van der Waals surface area contributed by atoms with E-state index in [1.54, 1.807) is 17.9 Å². The van der Waals surface area contributed by atoms with Crippen LogP contribution in [0.3, 0.4) is 0 Å². The zero-order valence-electron chi connectivity index (χ0n) is 14.0. The normalized spacial score (nSPS) is 22.8. The van der Waals surface area contributed by atoms with Gasteiger partial charge in [-0.15, -0.1) is 0 Å². The molecule has 132 valence electrons. The molecule has 1 aliphatic heterocycles. The Morgan fingerprint density at radius 1 is 1.44 bits per heavy atom. The van der Waals surface area contributed by atoms with Crippen molar-refractivity contribution in [3.8, 4) is 0 Å². The number of cyclic esters (lactones) is 1. The van der Waals surface area contributed by atoms with Crippen LogP contribution >= 0.6 is 15.9 Å². The Hall–Kier alpha value is -2.16. The number of halogens is 1. The van der Waals surface area contributed by atoms with Gasteiger partial charge in [0.15, 0.2) is 5.54 Å². The van der Waals surface area contributed by atoms with E-state index in [9.17, 15) is 4.79 Å². The van der Waals surface area contributed by atoms with E-state index in [0.29, 0.717) is 30.7 Å². The Labute approximate surface area is 153 Å². The summed E-state index contributed by atoms with van der Waals surface area (Å²) in [5.74, 6) is 1.36. The molecule has 2 fully saturated rings. The highest BCUT2D eigenvalue weighted by atomic mass is 79.9. The van der Waals surface area contributed by atoms with E-state index in [1.807, 2.05) is 13.1 Å². The van der Waals surface area contributed by atoms with Crippen LogP contribution < -0.4 is 10.6 Å². The molecule has 1 saturated carbocycles. The maximum Gasteiger partial charge on any atom is 0.333 e. The number of carbonyl (C=O) groups is 1. The summed E-state index contributed by atoms with van der Waals surface area (Å²) in [4.78, 5) is 20.9. The monoisotopic (exact) mass is 406 g/mol. The fraction of sp³-hybridized carbons (Fsp3) is 0.500. The van der Waals surface area contributed by atoms with Crippen molar-refractivity contribution >= 4 is 39.4 Å². The zero-order valence-corrected chi connectivity index (χ0v) is 15.6. The lowest BCUT2D eigenvalue weighted by atomic mass is 10.0. The number of carbonyl (C=O) groups excluding carboxylic acids is 1. The molecule has 2 aliphatic rings. The molecule has 0 radical (unpaired) electrons. The molecule has 4 rings (SSSR count). The van der Waals surface area contributed by atoms with Gasteiger partial charge in [0.25, 0.3) is 0 Å². The van der Waals surface area contributed by atoms with Crippen molar-refractivity contribution in [3.63, 3.8) is 0 Å². The van der Waals surface area contributed by atoms with Gasteiger partial charge in [-0.2, -0.15) is 10.1 Å². The average molecular weight is 407 g/mol. The van der Waals surface area contributed by atoms with Crippen molar-refractivity contribution in [2.45, 2.75) is 37.6 Å². The van der Waals surface area contributed by atoms with Gasteiger partial charge in [-0.05, 0) is 35.7 Å². The average Bonchev–Trinajstić information content (AvgIpc) is 3.27. The van der Waals surface area contributed by atoms with Gasteiger partial charge in [-0.1, -0.05) is 0 Å². The Balaban J connectivity index is 1.68. The molecule has 2 N–H and O–H groups in total. The van der Waals surface area contributed by atoms with E-state index in [-0.39, 0.29) is 5.97 Å². The lowest BCUT2D eigenvalue weighted by Gasteiger charge is -2.19. The van der Waals surface area contributed by atoms with E-state index in [1.165, 1.54) is 0 Å². The molecular weight excluding hydrogens is 388 g/mol. The van der Waals surface area contributed by atoms with Crippen molar-refractivity contribution in [1.82, 2.24) is 19.7 Å². The molecule has 1 saturated heterocycles. The minimum atomic E-state index is -0.750. The van der Waals surface area contributed by atoms with Crippen LogP contribution in [-0.4, -0.2) is 39.4 Å². The predicted octanol–water partition coefficient (Wildman–Crippen LogP) is 2.76. The Bertz CT molecular complexity index is 834. The Morgan fingerprint density at radius 2 is 2.24 bits per heavy atom. The van der Waals surface area contributed by atoms with E-state index in [2.05, 4.69) is 36.5 Å². The fourth-order valence-electron chi connectivity index (χ4n) is 2.93. The molecule has 2 aromatic rings. The topological polar surface area (TPSA) is 94.0 Å². The largest absolute Gasteiger partial charge is 0.464 e. The highest BCUT2D eigenvalue weighted by molar-refractivity contribution is 9.10. The first-order chi connectivity index (χ1) is 12.0. The number of hydrogen-bond acceptors (Lipinski definition) is 7. The number of nitrogens with one attached hydrogen (secondary N) is 2. The number of nitrogens with zero attached hydrogens (tertiary/aromatic N) is 4. The van der Waals surface area contributed by atoms with Gasteiger partial charge in [0, 0.05) is 25.6 Å². The van der Waals surface area contributed by atoms with Gasteiger partial charge < -0.3 is 15.4 Å². The number of rotatable bonds is 5. The summed E-state index contributed by atoms with van der Waals surface area (Å²) >= 11 is 3.40. The smallest absolute Gasteiger partial charge is 0.333 e. The minimum Gasteiger partial charge on any atom is -0.464 e. The molecule has 8 nitrogen and oxygen atoms in total. The van der Waals surface area contributed by atoms with E-state index >= 15 is 0 Å². The van der Waals surface area contributed by atoms with Crippen LogP contribution in [-0.2, 0) is 15.1 Å². The van der Waals surface area contributed by atoms with Crippen LogP contribution in [0.15, 0.2) is 16.9 Å². The number of aromatic nitrogens is 4. The predicted molar refractivity (Wildman–Crippen MR) is 96.0 cm³/mol. The SMILES string of the molecule is CNc1nc(Nc2cn(C3(C)CCOC3=O)nc2C2CC2)ncc1Br. The Kier molecular flexibility index (Phi) is 3.90. The lowest BCUT2D eigenvalue weighted by Crippen LogP contribution is -2.35. The number of esters is 1. The van der Waals surface area contributed by atoms with Gasteiger partial charge in [-0.3, -0.25) is 4.68 Å². The highest BCUT2D eigenvalue weighted by Crippen LogP contribution is 2.44. The van der Waals surface area contributed by atoms with Gasteiger partial charge in [-0.25, -0.2) is 9.78 Å². The van der Waals surface area contributed by atoms with Crippen molar-refractivity contribution in [1.29, 1.82) is 0 Å². The number of anilines is 3. The van der Waals surface area contributed by atoms with Gasteiger partial charge in [0.05, 0.1) is 28.7 Å². The third kappa shape index (κ3) is 2.86. The molecule has 3 heterocycles. The molecule has 0 spiro atoms. The molecular formula is C16H19BrN6O2. The highest BCUT2D eigenvalue weighted by Gasteiger charge is 2.44. The lowest BCUT2D eigenvalue weighted by molar-refractivity contribution is -0.145. The maximum absolute atomic E-state index is 12.1. The second kappa shape index (κ2) is 5.98. The molecule has 0 aromatic carbocycles. The number of ether oxygens (including phenoxy) is 1. The van der Waals surface area contributed by atoms with Crippen molar-refractivity contribution in [2.75, 3.05) is 24.3 Å². The first-order valence-corrected chi connectivity index (χ1v) is 9.05. The molecule has 1 atom stereocenters. The van der Waals surface area contributed by atoms with E-state index < -0.39 is 5.54 Å². The second-order valence-electron chi connectivity index (χ2n) is 6.57. The molecule has 1 unspecified atom stereocenters. The van der Waals surface area contributed by atoms with Gasteiger partial charge in [0.2, 0.25) is 5.95 Å². The minimum absolute atomic E-state index is 0.235. The van der Waals surface area contributed by atoms with Crippen LogP contribution in [0.1, 0.15) is 37.8 Å². The molecule has 0 bridgehead atoms. The van der Waals surface area contributed by atoms with E-state index in [4.69, 9.17) is 9.84 Å². The maximum atomic E-state index is 12.1.